The molecule has 0 fully saturated rings. The van der Waals surface area contributed by atoms with E-state index in [0.29, 0.717) is 29.6 Å². The van der Waals surface area contributed by atoms with Crippen molar-refractivity contribution in [3.63, 3.8) is 0 Å². The first-order chi connectivity index (χ1) is 16.2. The van der Waals surface area contributed by atoms with Crippen LogP contribution in [-0.2, 0) is 19.3 Å². The van der Waals surface area contributed by atoms with Gasteiger partial charge in [0.15, 0.2) is 0 Å². The Labute approximate surface area is 197 Å². The van der Waals surface area contributed by atoms with E-state index in [1.807, 2.05) is 28.8 Å². The lowest BCUT2D eigenvalue weighted by Crippen LogP contribution is -2.14. The summed E-state index contributed by atoms with van der Waals surface area (Å²) >= 11 is 0. The molecule has 8 heteroatoms. The van der Waals surface area contributed by atoms with E-state index in [0.717, 1.165) is 24.0 Å². The summed E-state index contributed by atoms with van der Waals surface area (Å²) in [5.41, 5.74) is 1.55. The van der Waals surface area contributed by atoms with Crippen molar-refractivity contribution in [2.45, 2.75) is 58.8 Å². The average Bonchev–Trinajstić information content (AvgIpc) is 3.44. The van der Waals surface area contributed by atoms with Gasteiger partial charge in [-0.05, 0) is 35.6 Å². The maximum absolute atomic E-state index is 14.5. The lowest BCUT2D eigenvalue weighted by Gasteiger charge is -2.17. The van der Waals surface area contributed by atoms with Crippen LogP contribution in [0.1, 0.15) is 56.2 Å². The molecule has 0 spiro atoms. The highest BCUT2D eigenvalue weighted by atomic mass is 19.4. The Kier molecular flexibility index (Phi) is 6.68. The average molecular weight is 471 g/mol. The van der Waals surface area contributed by atoms with E-state index >= 15 is 0 Å². The van der Waals surface area contributed by atoms with Gasteiger partial charge in [0.1, 0.15) is 22.6 Å². The Hall–Kier alpha value is -3.29. The van der Waals surface area contributed by atoms with Crippen LogP contribution in [0, 0.1) is 0 Å². The van der Waals surface area contributed by atoms with E-state index < -0.39 is 11.7 Å². The molecule has 0 aliphatic heterocycles. The summed E-state index contributed by atoms with van der Waals surface area (Å²) in [4.78, 5) is 4.61. The van der Waals surface area contributed by atoms with Gasteiger partial charge in [0.2, 0.25) is 0 Å². The fourth-order valence-corrected chi connectivity index (χ4v) is 4.26. The number of methoxy groups -OCH3 is 1. The van der Waals surface area contributed by atoms with Crippen molar-refractivity contribution in [2.24, 2.45) is 0 Å². The van der Waals surface area contributed by atoms with Crippen LogP contribution in [0.25, 0.3) is 22.4 Å². The number of aryl methyl sites for hydroxylation is 1. The van der Waals surface area contributed by atoms with Gasteiger partial charge in [-0.3, -0.25) is 4.68 Å². The molecule has 2 aromatic heterocycles. The number of ether oxygens (including phenoxy) is 1. The van der Waals surface area contributed by atoms with Crippen LogP contribution >= 0.6 is 0 Å². The third-order valence-electron chi connectivity index (χ3n) is 6.03. The zero-order chi connectivity index (χ0) is 24.5. The largest absolute Gasteiger partial charge is 0.494 e. The van der Waals surface area contributed by atoms with Gasteiger partial charge in [-0.2, -0.15) is 18.3 Å². The van der Waals surface area contributed by atoms with Gasteiger partial charge in [0.05, 0.1) is 19.2 Å². The molecule has 0 bridgehead atoms. The van der Waals surface area contributed by atoms with Crippen molar-refractivity contribution in [1.29, 1.82) is 0 Å². The number of aromatic nitrogens is 4. The van der Waals surface area contributed by atoms with Gasteiger partial charge in [-0.15, -0.1) is 0 Å². The predicted molar refractivity (Wildman–Crippen MR) is 127 cm³/mol. The minimum absolute atomic E-state index is 0.0334. The second-order valence-electron chi connectivity index (χ2n) is 8.73. The van der Waals surface area contributed by atoms with Gasteiger partial charge in [0.25, 0.3) is 0 Å². The van der Waals surface area contributed by atoms with Gasteiger partial charge < -0.3 is 9.30 Å². The van der Waals surface area contributed by atoms with Crippen LogP contribution in [0.15, 0.2) is 48.8 Å². The standard InChI is InChI=1S/C26H29F3N4O/c1-5-6-14-33-24-21(34-4)15-20(16-32-13-7-12-30-32)22(26(27,28)29)23(24)31-25(33)19-10-8-18(9-11-19)17(2)3/h7-13,15,17H,5-6,14,16H2,1-4H3. The summed E-state index contributed by atoms with van der Waals surface area (Å²) in [7, 11) is 1.48. The number of unbranched alkanes of at least 4 members (excludes halogenated alkanes) is 1. The van der Waals surface area contributed by atoms with Crippen molar-refractivity contribution in [3.8, 4) is 17.1 Å². The van der Waals surface area contributed by atoms with Gasteiger partial charge in [-0.1, -0.05) is 51.5 Å². The van der Waals surface area contributed by atoms with Gasteiger partial charge >= 0.3 is 6.18 Å². The van der Waals surface area contributed by atoms with Crippen molar-refractivity contribution in [1.82, 2.24) is 19.3 Å². The number of alkyl halides is 3. The Morgan fingerprint density at radius 2 is 1.85 bits per heavy atom. The number of fused-ring (bicyclic) bond motifs is 1. The van der Waals surface area contributed by atoms with Crippen LogP contribution in [0.4, 0.5) is 13.2 Å². The van der Waals surface area contributed by atoms with E-state index in [1.165, 1.54) is 17.9 Å². The van der Waals surface area contributed by atoms with Crippen molar-refractivity contribution >= 4 is 11.0 Å². The summed E-state index contributed by atoms with van der Waals surface area (Å²) in [6, 6.07) is 11.0. The topological polar surface area (TPSA) is 44.9 Å². The number of nitrogens with zero attached hydrogens (tertiary/aromatic N) is 4. The second kappa shape index (κ2) is 9.52. The van der Waals surface area contributed by atoms with E-state index in [2.05, 4.69) is 30.9 Å². The molecule has 4 rings (SSSR count). The monoisotopic (exact) mass is 470 g/mol. The van der Waals surface area contributed by atoms with E-state index in [-0.39, 0.29) is 17.6 Å². The quantitative estimate of drug-likeness (QED) is 0.281. The molecule has 0 radical (unpaired) electrons. The first kappa shape index (κ1) is 23.9. The smallest absolute Gasteiger partial charge is 0.418 e. The molecule has 0 saturated heterocycles. The summed E-state index contributed by atoms with van der Waals surface area (Å²) in [5.74, 6) is 1.24. The maximum Gasteiger partial charge on any atom is 0.418 e. The van der Waals surface area contributed by atoms with Crippen LogP contribution in [0.5, 0.6) is 5.75 Å². The molecule has 0 atom stereocenters. The van der Waals surface area contributed by atoms with Crippen molar-refractivity contribution in [2.75, 3.05) is 7.11 Å². The molecule has 0 aliphatic rings. The lowest BCUT2D eigenvalue weighted by molar-refractivity contribution is -0.137. The molecule has 4 aromatic rings. The Morgan fingerprint density at radius 1 is 1.12 bits per heavy atom. The second-order valence-corrected chi connectivity index (χ2v) is 8.73. The first-order valence-corrected chi connectivity index (χ1v) is 11.5. The molecule has 0 aliphatic carbocycles. The third kappa shape index (κ3) is 4.54. The molecule has 2 aromatic carbocycles. The number of halogens is 3. The SMILES string of the molecule is CCCCn1c(-c2ccc(C(C)C)cc2)nc2c(C(F)(F)F)c(Cn3cccn3)cc(OC)c21. The van der Waals surface area contributed by atoms with E-state index in [4.69, 9.17) is 4.74 Å². The van der Waals surface area contributed by atoms with Crippen LogP contribution < -0.4 is 4.74 Å². The number of benzene rings is 2. The lowest BCUT2D eigenvalue weighted by atomic mass is 10.0. The fraction of sp³-hybridized carbons (Fsp3) is 0.385. The zero-order valence-corrected chi connectivity index (χ0v) is 19.9. The molecule has 180 valence electrons. The van der Waals surface area contributed by atoms with E-state index in [1.54, 1.807) is 18.5 Å². The number of hydrogen-bond donors (Lipinski definition) is 0. The Balaban J connectivity index is 2.01. The molecular weight excluding hydrogens is 441 g/mol. The van der Waals surface area contributed by atoms with Crippen LogP contribution in [-0.4, -0.2) is 26.4 Å². The highest BCUT2D eigenvalue weighted by molar-refractivity contribution is 5.90. The van der Waals surface area contributed by atoms with Crippen LogP contribution in [0.2, 0.25) is 0 Å². The summed E-state index contributed by atoms with van der Waals surface area (Å²) in [6.45, 7) is 6.77. The number of rotatable bonds is 8. The predicted octanol–water partition coefficient (Wildman–Crippen LogP) is 6.90. The maximum atomic E-state index is 14.5. The minimum atomic E-state index is -4.59. The van der Waals surface area contributed by atoms with Crippen molar-refractivity contribution in [3.05, 3.63) is 65.5 Å². The molecule has 5 nitrogen and oxygen atoms in total. The molecule has 0 saturated carbocycles. The minimum Gasteiger partial charge on any atom is -0.494 e. The van der Waals surface area contributed by atoms with Gasteiger partial charge in [-0.25, -0.2) is 4.98 Å². The van der Waals surface area contributed by atoms with Crippen LogP contribution in [0.3, 0.4) is 0 Å². The fourth-order valence-electron chi connectivity index (χ4n) is 4.26. The number of hydrogen-bond acceptors (Lipinski definition) is 3. The molecule has 0 N–H and O–H groups in total. The highest BCUT2D eigenvalue weighted by Gasteiger charge is 2.39. The van der Waals surface area contributed by atoms with Gasteiger partial charge in [0, 0.05) is 24.5 Å². The molecule has 34 heavy (non-hydrogen) atoms. The Bertz CT molecular complexity index is 1260. The van der Waals surface area contributed by atoms with Crippen molar-refractivity contribution < 1.29 is 17.9 Å². The molecule has 0 unspecified atom stereocenters. The molecule has 0 amide bonds. The molecular formula is C26H29F3N4O. The zero-order valence-electron chi connectivity index (χ0n) is 19.9. The number of imidazole rings is 1. The first-order valence-electron chi connectivity index (χ1n) is 11.5. The van der Waals surface area contributed by atoms with E-state index in [9.17, 15) is 13.2 Å². The third-order valence-corrected chi connectivity index (χ3v) is 6.03. The summed E-state index contributed by atoms with van der Waals surface area (Å²) < 4.78 is 52.3. The normalized spacial score (nSPS) is 12.1. The summed E-state index contributed by atoms with van der Waals surface area (Å²) in [6.07, 6.45) is 0.300. The summed E-state index contributed by atoms with van der Waals surface area (Å²) in [5, 5.41) is 4.09. The molecule has 2 heterocycles. The highest BCUT2D eigenvalue weighted by Crippen LogP contribution is 2.43. The Morgan fingerprint density at radius 3 is 2.41 bits per heavy atom.